The molecule has 0 bridgehead atoms. The average Bonchev–Trinajstić information content (AvgIpc) is 3.07. The van der Waals surface area contributed by atoms with Gasteiger partial charge < -0.3 is 4.90 Å². The predicted molar refractivity (Wildman–Crippen MR) is 97.7 cm³/mol. The largest absolute Gasteiger partial charge is 0.340 e. The molecule has 136 valence electrons. The van der Waals surface area contributed by atoms with Crippen LogP contribution in [0.1, 0.15) is 30.4 Å². The molecular weight excluding hydrogens is 336 g/mol. The first-order valence-corrected chi connectivity index (χ1v) is 10.3. The molecule has 5 nitrogen and oxygen atoms in total. The molecule has 1 amide bonds. The van der Waals surface area contributed by atoms with Crippen LogP contribution in [0, 0.1) is 19.8 Å². The van der Waals surface area contributed by atoms with Crippen molar-refractivity contribution in [2.45, 2.75) is 38.0 Å². The van der Waals surface area contributed by atoms with Crippen LogP contribution in [0.5, 0.6) is 0 Å². The van der Waals surface area contributed by atoms with Crippen molar-refractivity contribution in [3.8, 4) is 0 Å². The van der Waals surface area contributed by atoms with Crippen LogP contribution >= 0.6 is 0 Å². The molecule has 0 N–H and O–H groups in total. The lowest BCUT2D eigenvalue weighted by Gasteiger charge is -2.34. The third kappa shape index (κ3) is 3.96. The topological polar surface area (TPSA) is 57.7 Å². The standard InChI is InChI=1S/C19H26N2O3S/c1-15-7-8-18(16(2)13-15)25(23,24)21-11-9-20(10-12-21)19(22)14-17-5-3-4-6-17/h3,5,7-8,13,17H,4,6,9-12,14H2,1-2H3. The number of carbonyl (C=O) groups is 1. The maximum atomic E-state index is 12.9. The number of rotatable bonds is 4. The molecule has 6 heteroatoms. The van der Waals surface area contributed by atoms with E-state index < -0.39 is 10.0 Å². The smallest absolute Gasteiger partial charge is 0.243 e. The number of benzene rings is 1. The molecule has 1 aliphatic heterocycles. The Labute approximate surface area is 150 Å². The molecule has 0 radical (unpaired) electrons. The zero-order valence-electron chi connectivity index (χ0n) is 14.9. The minimum atomic E-state index is -3.50. The summed E-state index contributed by atoms with van der Waals surface area (Å²) in [6.07, 6.45) is 6.90. The zero-order valence-corrected chi connectivity index (χ0v) is 15.8. The summed E-state index contributed by atoms with van der Waals surface area (Å²) >= 11 is 0. The summed E-state index contributed by atoms with van der Waals surface area (Å²) in [4.78, 5) is 14.6. The van der Waals surface area contributed by atoms with Crippen molar-refractivity contribution < 1.29 is 13.2 Å². The van der Waals surface area contributed by atoms with E-state index in [0.717, 1.165) is 24.0 Å². The van der Waals surface area contributed by atoms with E-state index in [1.54, 1.807) is 11.0 Å². The van der Waals surface area contributed by atoms with Gasteiger partial charge in [-0.15, -0.1) is 0 Å². The highest BCUT2D eigenvalue weighted by Gasteiger charge is 2.31. The number of carbonyl (C=O) groups excluding carboxylic acids is 1. The second-order valence-electron chi connectivity index (χ2n) is 7.02. The molecule has 1 fully saturated rings. The van der Waals surface area contributed by atoms with Crippen LogP contribution in [0.3, 0.4) is 0 Å². The summed E-state index contributed by atoms with van der Waals surface area (Å²) in [7, 11) is -3.50. The van der Waals surface area contributed by atoms with E-state index in [4.69, 9.17) is 0 Å². The van der Waals surface area contributed by atoms with Crippen molar-refractivity contribution in [2.24, 2.45) is 5.92 Å². The Morgan fingerprint density at radius 1 is 1.16 bits per heavy atom. The first-order chi connectivity index (χ1) is 11.9. The number of sulfonamides is 1. The predicted octanol–water partition coefficient (Wildman–Crippen LogP) is 2.49. The van der Waals surface area contributed by atoms with Crippen LogP contribution in [0.15, 0.2) is 35.2 Å². The van der Waals surface area contributed by atoms with Gasteiger partial charge in [0, 0.05) is 32.6 Å². The molecule has 1 unspecified atom stereocenters. The maximum Gasteiger partial charge on any atom is 0.243 e. The van der Waals surface area contributed by atoms with Crippen LogP contribution in [-0.4, -0.2) is 49.7 Å². The molecule has 0 saturated carbocycles. The summed E-state index contributed by atoms with van der Waals surface area (Å²) < 4.78 is 27.3. The van der Waals surface area contributed by atoms with Gasteiger partial charge in [0.2, 0.25) is 15.9 Å². The van der Waals surface area contributed by atoms with Gasteiger partial charge in [0.25, 0.3) is 0 Å². The van der Waals surface area contributed by atoms with Crippen molar-refractivity contribution in [1.29, 1.82) is 0 Å². The molecule has 1 saturated heterocycles. The van der Waals surface area contributed by atoms with E-state index >= 15 is 0 Å². The molecule has 1 aliphatic carbocycles. The lowest BCUT2D eigenvalue weighted by atomic mass is 10.0. The van der Waals surface area contributed by atoms with Crippen molar-refractivity contribution >= 4 is 15.9 Å². The van der Waals surface area contributed by atoms with Crippen LogP contribution in [0.2, 0.25) is 0 Å². The SMILES string of the molecule is Cc1ccc(S(=O)(=O)N2CCN(C(=O)CC3C=CCC3)CC2)c(C)c1. The van der Waals surface area contributed by atoms with Crippen molar-refractivity contribution in [3.05, 3.63) is 41.5 Å². The van der Waals surface area contributed by atoms with E-state index in [2.05, 4.69) is 12.2 Å². The molecule has 3 rings (SSSR count). The Hall–Kier alpha value is -1.66. The first-order valence-electron chi connectivity index (χ1n) is 8.90. The molecule has 25 heavy (non-hydrogen) atoms. The van der Waals surface area contributed by atoms with Gasteiger partial charge in [-0.25, -0.2) is 8.42 Å². The Morgan fingerprint density at radius 2 is 1.88 bits per heavy atom. The van der Waals surface area contributed by atoms with Crippen molar-refractivity contribution in [2.75, 3.05) is 26.2 Å². The number of hydrogen-bond acceptors (Lipinski definition) is 3. The number of allylic oxidation sites excluding steroid dienone is 2. The highest BCUT2D eigenvalue weighted by Crippen LogP contribution is 2.24. The maximum absolute atomic E-state index is 12.9. The molecule has 1 heterocycles. The Kier molecular flexibility index (Phi) is 5.29. The van der Waals surface area contributed by atoms with E-state index in [1.165, 1.54) is 4.31 Å². The monoisotopic (exact) mass is 362 g/mol. The minimum absolute atomic E-state index is 0.139. The summed E-state index contributed by atoms with van der Waals surface area (Å²) in [6.45, 7) is 5.45. The fraction of sp³-hybridized carbons (Fsp3) is 0.526. The van der Waals surface area contributed by atoms with E-state index in [1.807, 2.05) is 26.0 Å². The number of piperazine rings is 1. The summed E-state index contributed by atoms with van der Waals surface area (Å²) in [5, 5.41) is 0. The van der Waals surface area contributed by atoms with Crippen molar-refractivity contribution in [3.63, 3.8) is 0 Å². The summed E-state index contributed by atoms with van der Waals surface area (Å²) in [6, 6.07) is 5.40. The van der Waals surface area contributed by atoms with Gasteiger partial charge >= 0.3 is 0 Å². The van der Waals surface area contributed by atoms with E-state index in [9.17, 15) is 13.2 Å². The molecule has 1 aromatic rings. The third-order valence-electron chi connectivity index (χ3n) is 5.09. The molecule has 1 aromatic carbocycles. The zero-order chi connectivity index (χ0) is 18.0. The Balaban J connectivity index is 1.63. The van der Waals surface area contributed by atoms with E-state index in [-0.39, 0.29) is 5.91 Å². The molecule has 0 spiro atoms. The van der Waals surface area contributed by atoms with Gasteiger partial charge in [-0.1, -0.05) is 29.8 Å². The summed E-state index contributed by atoms with van der Waals surface area (Å²) in [5.74, 6) is 0.490. The van der Waals surface area contributed by atoms with Gasteiger partial charge in [-0.3, -0.25) is 4.79 Å². The molecule has 0 aromatic heterocycles. The first kappa shape index (κ1) is 18.1. The number of amides is 1. The van der Waals surface area contributed by atoms with Gasteiger partial charge in [0.05, 0.1) is 4.90 Å². The van der Waals surface area contributed by atoms with Crippen molar-refractivity contribution in [1.82, 2.24) is 9.21 Å². The Morgan fingerprint density at radius 3 is 2.48 bits per heavy atom. The van der Waals surface area contributed by atoms with Gasteiger partial charge in [0.1, 0.15) is 0 Å². The minimum Gasteiger partial charge on any atom is -0.340 e. The molecule has 2 aliphatic rings. The van der Waals surface area contributed by atoms with Gasteiger partial charge in [-0.2, -0.15) is 4.31 Å². The number of hydrogen-bond donors (Lipinski definition) is 0. The number of aryl methyl sites for hydroxylation is 2. The fourth-order valence-corrected chi connectivity index (χ4v) is 5.25. The van der Waals surface area contributed by atoms with Crippen LogP contribution in [0.4, 0.5) is 0 Å². The fourth-order valence-electron chi connectivity index (χ4n) is 3.62. The molecule has 1 atom stereocenters. The normalized spacial score (nSPS) is 21.7. The van der Waals surface area contributed by atoms with Crippen LogP contribution in [0.25, 0.3) is 0 Å². The van der Waals surface area contributed by atoms with Gasteiger partial charge in [0.15, 0.2) is 0 Å². The van der Waals surface area contributed by atoms with E-state index in [0.29, 0.717) is 43.4 Å². The quantitative estimate of drug-likeness (QED) is 0.773. The van der Waals surface area contributed by atoms with Gasteiger partial charge in [-0.05, 0) is 44.2 Å². The highest BCUT2D eigenvalue weighted by molar-refractivity contribution is 7.89. The highest BCUT2D eigenvalue weighted by atomic mass is 32.2. The molecular formula is C19H26N2O3S. The average molecular weight is 362 g/mol. The second-order valence-corrected chi connectivity index (χ2v) is 8.93. The lowest BCUT2D eigenvalue weighted by molar-refractivity contribution is -0.133. The van der Waals surface area contributed by atoms with Crippen LogP contribution < -0.4 is 0 Å². The summed E-state index contributed by atoms with van der Waals surface area (Å²) in [5.41, 5.74) is 1.82. The lowest BCUT2D eigenvalue weighted by Crippen LogP contribution is -2.50. The van der Waals surface area contributed by atoms with Crippen LogP contribution in [-0.2, 0) is 14.8 Å². The third-order valence-corrected chi connectivity index (χ3v) is 7.15. The Bertz CT molecular complexity index is 778. The number of nitrogens with zero attached hydrogens (tertiary/aromatic N) is 2. The second kappa shape index (κ2) is 7.30.